The number of H-pyrrole nitrogens is 1. The molecule has 0 aliphatic carbocycles. The highest BCUT2D eigenvalue weighted by Crippen LogP contribution is 2.30. The van der Waals surface area contributed by atoms with E-state index >= 15 is 0 Å². The van der Waals surface area contributed by atoms with Crippen molar-refractivity contribution in [2.45, 2.75) is 32.7 Å². The molecule has 186 valence electrons. The summed E-state index contributed by atoms with van der Waals surface area (Å²) in [6.45, 7) is 2.72. The number of carbonyl (C=O) groups is 1. The van der Waals surface area contributed by atoms with E-state index in [0.29, 0.717) is 28.8 Å². The Balaban J connectivity index is 1.36. The van der Waals surface area contributed by atoms with Gasteiger partial charge in [0.25, 0.3) is 5.91 Å². The second kappa shape index (κ2) is 11.2. The highest BCUT2D eigenvalue weighted by atomic mass is 35.5. The van der Waals surface area contributed by atoms with E-state index in [2.05, 4.69) is 62.2 Å². The Morgan fingerprint density at radius 1 is 1.00 bits per heavy atom. The number of anilines is 1. The first-order valence-corrected chi connectivity index (χ1v) is 12.5. The first-order chi connectivity index (χ1) is 18.1. The number of aromatic amines is 1. The van der Waals surface area contributed by atoms with E-state index in [1.165, 1.54) is 0 Å². The first kappa shape index (κ1) is 24.4. The summed E-state index contributed by atoms with van der Waals surface area (Å²) in [5.41, 5.74) is 6.19. The summed E-state index contributed by atoms with van der Waals surface area (Å²) >= 11 is 5.95. The molecule has 0 unspecified atom stereocenters. The number of aryl methyl sites for hydroxylation is 1. The predicted molar refractivity (Wildman–Crippen MR) is 144 cm³/mol. The molecular weight excluding hydrogens is 486 g/mol. The highest BCUT2D eigenvalue weighted by Gasteiger charge is 2.16. The number of carbonyl (C=O) groups excluding carboxylic acids is 1. The van der Waals surface area contributed by atoms with Crippen molar-refractivity contribution in [2.24, 2.45) is 0 Å². The van der Waals surface area contributed by atoms with Crippen LogP contribution in [0, 0.1) is 0 Å². The summed E-state index contributed by atoms with van der Waals surface area (Å²) in [7, 11) is 0. The average Bonchev–Trinajstić information content (AvgIpc) is 3.60. The third-order valence-electron chi connectivity index (χ3n) is 6.10. The van der Waals surface area contributed by atoms with Gasteiger partial charge in [0.15, 0.2) is 5.69 Å². The second-order valence-electron chi connectivity index (χ2n) is 8.72. The van der Waals surface area contributed by atoms with Gasteiger partial charge < -0.3 is 5.32 Å². The summed E-state index contributed by atoms with van der Waals surface area (Å²) in [6, 6.07) is 25.2. The standard InChI is InChI=1S/C28H26ClN7O/c1-2-3-6-23-17-26(28(37)30-22-15-13-21(29)14-16-22)33-36(23)18-19-9-11-20(12-10-19)24-7-4-5-8-25(24)27-31-34-35-32-27/h4-5,7-17H,2-3,6,18H2,1H3,(H,30,37)(H,31,32,34,35). The fourth-order valence-electron chi connectivity index (χ4n) is 4.16. The van der Waals surface area contributed by atoms with Crippen molar-refractivity contribution in [3.63, 3.8) is 0 Å². The van der Waals surface area contributed by atoms with Crippen LogP contribution < -0.4 is 5.32 Å². The number of hydrogen-bond acceptors (Lipinski definition) is 5. The summed E-state index contributed by atoms with van der Waals surface area (Å²) in [6.07, 6.45) is 2.94. The Kier molecular flexibility index (Phi) is 7.37. The molecule has 2 N–H and O–H groups in total. The summed E-state index contributed by atoms with van der Waals surface area (Å²) in [4.78, 5) is 12.9. The van der Waals surface area contributed by atoms with Gasteiger partial charge in [-0.3, -0.25) is 9.48 Å². The Hall–Kier alpha value is -4.30. The smallest absolute Gasteiger partial charge is 0.276 e. The van der Waals surface area contributed by atoms with E-state index in [-0.39, 0.29) is 5.91 Å². The zero-order chi connectivity index (χ0) is 25.6. The quantitative estimate of drug-likeness (QED) is 0.252. The number of hydrogen-bond donors (Lipinski definition) is 2. The van der Waals surface area contributed by atoms with Crippen molar-refractivity contribution in [3.05, 3.63) is 101 Å². The SMILES string of the molecule is CCCCc1cc(C(=O)Nc2ccc(Cl)cc2)nn1Cc1ccc(-c2ccccc2-c2nn[nH]n2)cc1. The molecule has 0 radical (unpaired) electrons. The topological polar surface area (TPSA) is 101 Å². The van der Waals surface area contributed by atoms with E-state index in [0.717, 1.165) is 47.2 Å². The molecule has 8 nitrogen and oxygen atoms in total. The lowest BCUT2D eigenvalue weighted by atomic mass is 9.98. The zero-order valence-corrected chi connectivity index (χ0v) is 21.1. The van der Waals surface area contributed by atoms with Crippen LogP contribution in [-0.2, 0) is 13.0 Å². The fourth-order valence-corrected chi connectivity index (χ4v) is 4.29. The number of nitrogens with zero attached hydrogens (tertiary/aromatic N) is 5. The summed E-state index contributed by atoms with van der Waals surface area (Å²) in [5.74, 6) is 0.313. The molecule has 0 aliphatic rings. The van der Waals surface area contributed by atoms with Crippen LogP contribution in [0.3, 0.4) is 0 Å². The number of rotatable bonds is 9. The van der Waals surface area contributed by atoms with Gasteiger partial charge in [-0.15, -0.1) is 10.2 Å². The fraction of sp³-hybridized carbons (Fsp3) is 0.179. The largest absolute Gasteiger partial charge is 0.321 e. The van der Waals surface area contributed by atoms with Crippen molar-refractivity contribution < 1.29 is 4.79 Å². The van der Waals surface area contributed by atoms with E-state index in [1.807, 2.05) is 35.0 Å². The van der Waals surface area contributed by atoms with Crippen LogP contribution in [0.5, 0.6) is 0 Å². The van der Waals surface area contributed by atoms with Gasteiger partial charge in [0.05, 0.1) is 6.54 Å². The monoisotopic (exact) mass is 511 g/mol. The van der Waals surface area contributed by atoms with Gasteiger partial charge in [0, 0.05) is 22.0 Å². The maximum atomic E-state index is 12.9. The van der Waals surface area contributed by atoms with E-state index in [4.69, 9.17) is 11.6 Å². The van der Waals surface area contributed by atoms with Gasteiger partial charge in [0.2, 0.25) is 5.82 Å². The lowest BCUT2D eigenvalue weighted by Gasteiger charge is -2.10. The van der Waals surface area contributed by atoms with Crippen molar-refractivity contribution >= 4 is 23.2 Å². The first-order valence-electron chi connectivity index (χ1n) is 12.2. The van der Waals surface area contributed by atoms with Gasteiger partial charge in [-0.25, -0.2) is 0 Å². The molecular formula is C28H26ClN7O. The molecule has 0 bridgehead atoms. The third kappa shape index (κ3) is 5.76. The number of benzene rings is 3. The molecule has 3 aromatic carbocycles. The van der Waals surface area contributed by atoms with Crippen LogP contribution >= 0.6 is 11.6 Å². The molecule has 0 aliphatic heterocycles. The molecule has 2 heterocycles. The number of aromatic nitrogens is 6. The Morgan fingerprint density at radius 2 is 1.76 bits per heavy atom. The van der Waals surface area contributed by atoms with Crippen molar-refractivity contribution in [1.29, 1.82) is 0 Å². The Bertz CT molecular complexity index is 1480. The van der Waals surface area contributed by atoms with Crippen molar-refractivity contribution in [1.82, 2.24) is 30.4 Å². The molecule has 9 heteroatoms. The van der Waals surface area contributed by atoms with Crippen LogP contribution in [0.25, 0.3) is 22.5 Å². The molecule has 5 aromatic rings. The zero-order valence-electron chi connectivity index (χ0n) is 20.4. The van der Waals surface area contributed by atoms with Gasteiger partial charge in [-0.1, -0.05) is 73.5 Å². The summed E-state index contributed by atoms with van der Waals surface area (Å²) < 4.78 is 1.93. The molecule has 0 saturated carbocycles. The minimum absolute atomic E-state index is 0.243. The molecule has 0 saturated heterocycles. The minimum Gasteiger partial charge on any atom is -0.321 e. The normalized spacial score (nSPS) is 11.0. The number of unbranched alkanes of at least 4 members (excludes halogenated alkanes) is 1. The van der Waals surface area contributed by atoms with Gasteiger partial charge in [0.1, 0.15) is 0 Å². The molecule has 0 spiro atoms. The van der Waals surface area contributed by atoms with E-state index in [9.17, 15) is 4.79 Å². The number of tetrazole rings is 1. The Labute approximate surface area is 219 Å². The predicted octanol–water partition coefficient (Wildman–Crippen LogP) is 6.03. The molecule has 5 rings (SSSR count). The molecule has 0 fully saturated rings. The molecule has 1 amide bonds. The highest BCUT2D eigenvalue weighted by molar-refractivity contribution is 6.30. The third-order valence-corrected chi connectivity index (χ3v) is 6.35. The Morgan fingerprint density at radius 3 is 2.46 bits per heavy atom. The second-order valence-corrected chi connectivity index (χ2v) is 9.16. The van der Waals surface area contributed by atoms with Crippen LogP contribution in [-0.4, -0.2) is 36.3 Å². The maximum Gasteiger partial charge on any atom is 0.276 e. The average molecular weight is 512 g/mol. The maximum absolute atomic E-state index is 12.9. The number of halogens is 1. The van der Waals surface area contributed by atoms with Crippen LogP contribution in [0.15, 0.2) is 78.9 Å². The van der Waals surface area contributed by atoms with E-state index < -0.39 is 0 Å². The van der Waals surface area contributed by atoms with Crippen molar-refractivity contribution in [2.75, 3.05) is 5.32 Å². The lowest BCUT2D eigenvalue weighted by Crippen LogP contribution is -2.13. The van der Waals surface area contributed by atoms with Gasteiger partial charge in [-0.05, 0) is 65.1 Å². The minimum atomic E-state index is -0.243. The van der Waals surface area contributed by atoms with Crippen LogP contribution in [0.4, 0.5) is 5.69 Å². The van der Waals surface area contributed by atoms with Gasteiger partial charge in [-0.2, -0.15) is 10.3 Å². The van der Waals surface area contributed by atoms with Crippen LogP contribution in [0.1, 0.15) is 41.5 Å². The molecule has 2 aromatic heterocycles. The van der Waals surface area contributed by atoms with Gasteiger partial charge >= 0.3 is 0 Å². The number of nitrogens with one attached hydrogen (secondary N) is 2. The van der Waals surface area contributed by atoms with Crippen molar-refractivity contribution in [3.8, 4) is 22.5 Å². The lowest BCUT2D eigenvalue weighted by molar-refractivity contribution is 0.102. The van der Waals surface area contributed by atoms with Crippen LogP contribution in [0.2, 0.25) is 5.02 Å². The number of amides is 1. The molecule has 0 atom stereocenters. The van der Waals surface area contributed by atoms with E-state index in [1.54, 1.807) is 24.3 Å². The summed E-state index contributed by atoms with van der Waals surface area (Å²) in [5, 5.41) is 22.6. The molecule has 37 heavy (non-hydrogen) atoms.